The van der Waals surface area contributed by atoms with Crippen LogP contribution in [0.15, 0.2) is 48.8 Å². The highest BCUT2D eigenvalue weighted by Crippen LogP contribution is 2.43. The first-order valence-corrected chi connectivity index (χ1v) is 12.2. The molecule has 3 aromatic heterocycles. The third-order valence-electron chi connectivity index (χ3n) is 7.02. The van der Waals surface area contributed by atoms with Gasteiger partial charge in [-0.15, -0.1) is 0 Å². The zero-order valence-electron chi connectivity index (χ0n) is 20.3. The Hall–Kier alpha value is -4.27. The fraction of sp³-hybridized carbons (Fsp3) is 0.296. The second-order valence-corrected chi connectivity index (χ2v) is 9.28. The molecule has 0 atom stereocenters. The molecule has 3 amide bonds. The molecule has 9 heteroatoms. The van der Waals surface area contributed by atoms with Crippen LogP contribution in [-0.4, -0.2) is 57.0 Å². The van der Waals surface area contributed by atoms with Gasteiger partial charge in [0.2, 0.25) is 0 Å². The van der Waals surface area contributed by atoms with Crippen LogP contribution in [-0.2, 0) is 13.1 Å². The van der Waals surface area contributed by atoms with Crippen molar-refractivity contribution in [3.8, 4) is 22.5 Å². The van der Waals surface area contributed by atoms with E-state index in [1.807, 2.05) is 29.3 Å². The highest BCUT2D eigenvalue weighted by Gasteiger charge is 2.34. The molecule has 36 heavy (non-hydrogen) atoms. The molecule has 0 radical (unpaired) electrons. The van der Waals surface area contributed by atoms with Crippen LogP contribution in [0.1, 0.15) is 40.8 Å². The summed E-state index contributed by atoms with van der Waals surface area (Å²) < 4.78 is 2.33. The minimum absolute atomic E-state index is 0.0679. The first-order chi connectivity index (χ1) is 17.6. The van der Waals surface area contributed by atoms with E-state index >= 15 is 0 Å². The van der Waals surface area contributed by atoms with Crippen LogP contribution in [0, 0.1) is 0 Å². The molecule has 6 rings (SSSR count). The Morgan fingerprint density at radius 3 is 2.58 bits per heavy atom. The normalized spacial score (nSPS) is 15.0. The Kier molecular flexibility index (Phi) is 5.40. The molecule has 1 fully saturated rings. The van der Waals surface area contributed by atoms with E-state index in [9.17, 15) is 9.59 Å². The van der Waals surface area contributed by atoms with Crippen molar-refractivity contribution >= 4 is 22.7 Å². The average molecular weight is 482 g/mol. The van der Waals surface area contributed by atoms with E-state index < -0.39 is 0 Å². The quantitative estimate of drug-likeness (QED) is 0.464. The Morgan fingerprint density at radius 1 is 1.00 bits per heavy atom. The summed E-state index contributed by atoms with van der Waals surface area (Å²) in [4.78, 5) is 40.2. The summed E-state index contributed by atoms with van der Waals surface area (Å²) >= 11 is 0. The van der Waals surface area contributed by atoms with Crippen molar-refractivity contribution in [2.45, 2.75) is 31.8 Å². The number of benzene rings is 1. The van der Waals surface area contributed by atoms with Crippen LogP contribution >= 0.6 is 0 Å². The number of imidazole rings is 1. The van der Waals surface area contributed by atoms with Crippen LogP contribution in [0.2, 0.25) is 0 Å². The van der Waals surface area contributed by atoms with Crippen molar-refractivity contribution in [2.24, 2.45) is 0 Å². The lowest BCUT2D eigenvalue weighted by atomic mass is 10.0. The maximum absolute atomic E-state index is 12.4. The molecule has 1 aromatic carbocycles. The second kappa shape index (κ2) is 8.75. The minimum atomic E-state index is -0.221. The lowest BCUT2D eigenvalue weighted by Gasteiger charge is -2.29. The number of nitrogens with zero attached hydrogens (tertiary/aromatic N) is 5. The molecule has 4 aromatic rings. The number of carbonyl (C=O) groups excluding carboxylic acids is 2. The Labute approximate surface area is 208 Å². The lowest BCUT2D eigenvalue weighted by Crippen LogP contribution is -2.43. The van der Waals surface area contributed by atoms with Crippen molar-refractivity contribution in [1.82, 2.24) is 35.1 Å². The van der Waals surface area contributed by atoms with E-state index in [0.29, 0.717) is 24.7 Å². The van der Waals surface area contributed by atoms with Gasteiger partial charge in [-0.05, 0) is 36.4 Å². The number of urea groups is 1. The highest BCUT2D eigenvalue weighted by molar-refractivity contribution is 5.97. The number of hydrogen-bond acceptors (Lipinski definition) is 5. The topological polar surface area (TPSA) is 105 Å². The summed E-state index contributed by atoms with van der Waals surface area (Å²) in [6.45, 7) is 1.96. The minimum Gasteiger partial charge on any atom is -0.354 e. The van der Waals surface area contributed by atoms with Crippen molar-refractivity contribution < 1.29 is 9.59 Å². The van der Waals surface area contributed by atoms with E-state index in [-0.39, 0.29) is 11.9 Å². The zero-order chi connectivity index (χ0) is 24.8. The van der Waals surface area contributed by atoms with Gasteiger partial charge in [-0.3, -0.25) is 14.8 Å². The Balaban J connectivity index is 1.41. The van der Waals surface area contributed by atoms with Gasteiger partial charge in [0, 0.05) is 62.0 Å². The summed E-state index contributed by atoms with van der Waals surface area (Å²) in [5.74, 6) is 1.43. The Morgan fingerprint density at radius 2 is 1.86 bits per heavy atom. The summed E-state index contributed by atoms with van der Waals surface area (Å²) in [7, 11) is 3.25. The molecule has 1 aliphatic heterocycles. The number of nitrogens with one attached hydrogen (secondary N) is 2. The fourth-order valence-electron chi connectivity index (χ4n) is 4.94. The number of rotatable bonds is 4. The summed E-state index contributed by atoms with van der Waals surface area (Å²) in [5.41, 5.74) is 5.03. The van der Waals surface area contributed by atoms with Crippen LogP contribution in [0.25, 0.3) is 33.3 Å². The van der Waals surface area contributed by atoms with Gasteiger partial charge in [0.25, 0.3) is 5.91 Å². The van der Waals surface area contributed by atoms with Crippen LogP contribution in [0.5, 0.6) is 0 Å². The molecule has 0 unspecified atom stereocenters. The van der Waals surface area contributed by atoms with E-state index in [2.05, 4.69) is 32.3 Å². The maximum atomic E-state index is 12.4. The van der Waals surface area contributed by atoms with Crippen LogP contribution < -0.4 is 10.6 Å². The molecule has 2 aliphatic rings. The summed E-state index contributed by atoms with van der Waals surface area (Å²) in [6, 6.07) is 11.7. The van der Waals surface area contributed by atoms with Crippen LogP contribution in [0.4, 0.5) is 4.79 Å². The lowest BCUT2D eigenvalue weighted by molar-refractivity contribution is 0.0958. The number of pyridine rings is 2. The molecular formula is C27H27N7O2. The fourth-order valence-corrected chi connectivity index (χ4v) is 4.94. The van der Waals surface area contributed by atoms with E-state index in [1.165, 1.54) is 12.8 Å². The monoisotopic (exact) mass is 481 g/mol. The third-order valence-corrected chi connectivity index (χ3v) is 7.02. The van der Waals surface area contributed by atoms with Crippen molar-refractivity contribution in [3.05, 3.63) is 66.0 Å². The number of hydrogen-bond donors (Lipinski definition) is 2. The van der Waals surface area contributed by atoms with Gasteiger partial charge in [0.15, 0.2) is 0 Å². The van der Waals surface area contributed by atoms with Gasteiger partial charge in [0.05, 0.1) is 23.6 Å². The van der Waals surface area contributed by atoms with Gasteiger partial charge in [-0.2, -0.15) is 0 Å². The van der Waals surface area contributed by atoms with Gasteiger partial charge >= 0.3 is 6.03 Å². The number of amides is 3. The average Bonchev–Trinajstić information content (AvgIpc) is 3.71. The van der Waals surface area contributed by atoms with Crippen molar-refractivity contribution in [2.75, 3.05) is 20.6 Å². The van der Waals surface area contributed by atoms with Gasteiger partial charge in [-0.25, -0.2) is 9.78 Å². The van der Waals surface area contributed by atoms with Crippen molar-refractivity contribution in [3.63, 3.8) is 0 Å². The van der Waals surface area contributed by atoms with Crippen molar-refractivity contribution in [1.29, 1.82) is 0 Å². The second-order valence-electron chi connectivity index (χ2n) is 9.28. The Bertz CT molecular complexity index is 1490. The molecule has 2 N–H and O–H groups in total. The molecule has 4 heterocycles. The van der Waals surface area contributed by atoms with Crippen LogP contribution in [0.3, 0.4) is 0 Å². The number of aromatic nitrogens is 4. The molecular weight excluding hydrogens is 454 g/mol. The predicted octanol–water partition coefficient (Wildman–Crippen LogP) is 3.55. The molecule has 0 spiro atoms. The summed E-state index contributed by atoms with van der Waals surface area (Å²) in [6.07, 6.45) is 5.89. The molecule has 0 saturated heterocycles. The first-order valence-electron chi connectivity index (χ1n) is 12.2. The zero-order valence-corrected chi connectivity index (χ0v) is 20.3. The third kappa shape index (κ3) is 3.77. The molecule has 1 saturated carbocycles. The number of fused-ring (bicyclic) bond motifs is 2. The standard InChI is InChI=1S/C27H27N7O2/c1-28-26(35)21-9-8-18(13-30-21)22-12-17-4-3-5-19(20(17)14-31-22)24-23-15-33(27(36)29-2)10-11-34(23)25(32-24)16-6-7-16/h3-5,8-9,12-14,16H,6-7,10-11,15H2,1-2H3,(H,28,35)(H,29,36). The predicted molar refractivity (Wildman–Crippen MR) is 136 cm³/mol. The van der Waals surface area contributed by atoms with Gasteiger partial charge in [-0.1, -0.05) is 18.2 Å². The van der Waals surface area contributed by atoms with Gasteiger partial charge in [0.1, 0.15) is 11.5 Å². The van der Waals surface area contributed by atoms with Gasteiger partial charge < -0.3 is 20.1 Å². The first kappa shape index (κ1) is 22.2. The number of carbonyl (C=O) groups is 2. The largest absolute Gasteiger partial charge is 0.354 e. The highest BCUT2D eigenvalue weighted by atomic mass is 16.2. The van der Waals surface area contributed by atoms with E-state index in [0.717, 1.165) is 51.4 Å². The van der Waals surface area contributed by atoms with E-state index in [1.54, 1.807) is 26.4 Å². The maximum Gasteiger partial charge on any atom is 0.317 e. The molecule has 9 nitrogen and oxygen atoms in total. The molecule has 1 aliphatic carbocycles. The molecule has 0 bridgehead atoms. The summed E-state index contributed by atoms with van der Waals surface area (Å²) in [5, 5.41) is 7.39. The van der Waals surface area contributed by atoms with E-state index in [4.69, 9.17) is 9.97 Å². The molecule has 182 valence electrons. The smallest absolute Gasteiger partial charge is 0.317 e. The SMILES string of the molecule is CNC(=O)c1ccc(-c2cc3cccc(-c4nc(C5CC5)n5c4CN(C(=O)NC)CC5)c3cn2)cn1.